The lowest BCUT2D eigenvalue weighted by atomic mass is 10.0. The zero-order chi connectivity index (χ0) is 13.8. The first-order valence-electron chi connectivity index (χ1n) is 7.21. The molecule has 1 aliphatic heterocycles. The molecule has 4 heteroatoms. The van der Waals surface area contributed by atoms with Gasteiger partial charge in [0.15, 0.2) is 0 Å². The average Bonchev–Trinajstić information content (AvgIpc) is 2.46. The highest BCUT2D eigenvalue weighted by Gasteiger charge is 2.22. The number of hydrogen-bond donors (Lipinski definition) is 1. The van der Waals surface area contributed by atoms with Crippen LogP contribution in [-0.2, 0) is 0 Å². The number of pyridine rings is 1. The second kappa shape index (κ2) is 6.35. The molecule has 4 nitrogen and oxygen atoms in total. The van der Waals surface area contributed by atoms with Crippen molar-refractivity contribution in [1.82, 2.24) is 9.88 Å². The van der Waals surface area contributed by atoms with Crippen molar-refractivity contribution in [3.05, 3.63) is 23.9 Å². The lowest BCUT2D eigenvalue weighted by Crippen LogP contribution is -2.43. The van der Waals surface area contributed by atoms with Crippen LogP contribution in [0, 0.1) is 0 Å². The molecule has 0 radical (unpaired) electrons. The molecule has 0 spiro atoms. The predicted octanol–water partition coefficient (Wildman–Crippen LogP) is 2.06. The van der Waals surface area contributed by atoms with Crippen LogP contribution in [0.25, 0.3) is 0 Å². The zero-order valence-electron chi connectivity index (χ0n) is 12.2. The molecule has 1 aromatic rings. The average molecular weight is 263 g/mol. The van der Waals surface area contributed by atoms with E-state index in [1.54, 1.807) is 13.1 Å². The molecular formula is C15H25N3O. The van der Waals surface area contributed by atoms with Crippen LogP contribution in [0.4, 0.5) is 5.82 Å². The Hall–Kier alpha value is -1.13. The Balaban J connectivity index is 1.97. The molecule has 1 aliphatic rings. The van der Waals surface area contributed by atoms with Crippen molar-refractivity contribution in [3.8, 4) is 0 Å². The quantitative estimate of drug-likeness (QED) is 0.902. The lowest BCUT2D eigenvalue weighted by molar-refractivity contribution is 0.199. The number of aliphatic hydroxyl groups excluding tert-OH is 1. The summed E-state index contributed by atoms with van der Waals surface area (Å²) in [4.78, 5) is 9.24. The number of hydrogen-bond acceptors (Lipinski definition) is 4. The molecule has 0 aliphatic carbocycles. The van der Waals surface area contributed by atoms with Crippen LogP contribution in [0.2, 0.25) is 0 Å². The molecule has 19 heavy (non-hydrogen) atoms. The largest absolute Gasteiger partial charge is 0.389 e. The molecule has 1 saturated heterocycles. The lowest BCUT2D eigenvalue weighted by Gasteiger charge is -2.36. The van der Waals surface area contributed by atoms with Crippen LogP contribution in [-0.4, -0.2) is 47.7 Å². The molecule has 0 bridgehead atoms. The van der Waals surface area contributed by atoms with Gasteiger partial charge in [0.2, 0.25) is 0 Å². The third-order valence-electron chi connectivity index (χ3n) is 4.17. The summed E-state index contributed by atoms with van der Waals surface area (Å²) >= 11 is 0. The van der Waals surface area contributed by atoms with E-state index in [0.717, 1.165) is 17.9 Å². The minimum absolute atomic E-state index is 0.445. The van der Waals surface area contributed by atoms with Gasteiger partial charge < -0.3 is 14.9 Å². The molecule has 0 amide bonds. The summed E-state index contributed by atoms with van der Waals surface area (Å²) in [5, 5.41) is 9.50. The van der Waals surface area contributed by atoms with E-state index < -0.39 is 6.10 Å². The summed E-state index contributed by atoms with van der Waals surface area (Å²) in [6.45, 7) is 7.49. The topological polar surface area (TPSA) is 39.6 Å². The Kier molecular flexibility index (Phi) is 4.77. The Morgan fingerprint density at radius 2 is 2.11 bits per heavy atom. The molecule has 0 unspecified atom stereocenters. The van der Waals surface area contributed by atoms with E-state index in [1.807, 2.05) is 12.1 Å². The number of piperidine rings is 1. The molecule has 106 valence electrons. The smallest absolute Gasteiger partial charge is 0.128 e. The van der Waals surface area contributed by atoms with Gasteiger partial charge in [0.05, 0.1) is 6.10 Å². The number of likely N-dealkylation sites (tertiary alicyclic amines) is 1. The first-order chi connectivity index (χ1) is 9.11. The third kappa shape index (κ3) is 3.45. The Bertz CT molecular complexity index is 383. The number of nitrogens with zero attached hydrogens (tertiary/aromatic N) is 3. The Morgan fingerprint density at radius 3 is 2.58 bits per heavy atom. The van der Waals surface area contributed by atoms with Crippen molar-refractivity contribution in [2.24, 2.45) is 0 Å². The van der Waals surface area contributed by atoms with E-state index in [1.165, 1.54) is 25.9 Å². The summed E-state index contributed by atoms with van der Waals surface area (Å²) < 4.78 is 0. The monoisotopic (exact) mass is 263 g/mol. The highest BCUT2D eigenvalue weighted by molar-refractivity contribution is 5.40. The number of aliphatic hydroxyl groups is 1. The van der Waals surface area contributed by atoms with Gasteiger partial charge in [0.25, 0.3) is 0 Å². The molecule has 0 saturated carbocycles. The van der Waals surface area contributed by atoms with Crippen molar-refractivity contribution in [1.29, 1.82) is 0 Å². The van der Waals surface area contributed by atoms with Gasteiger partial charge in [-0.3, -0.25) is 0 Å². The molecular weight excluding hydrogens is 238 g/mol. The minimum atomic E-state index is -0.445. The predicted molar refractivity (Wildman–Crippen MR) is 78.4 cm³/mol. The summed E-state index contributed by atoms with van der Waals surface area (Å²) in [6.07, 6.45) is 3.73. The molecule has 1 fully saturated rings. The fraction of sp³-hybridized carbons (Fsp3) is 0.667. The summed E-state index contributed by atoms with van der Waals surface area (Å²) in [6, 6.07) is 4.55. The number of rotatable bonds is 4. The first-order valence-corrected chi connectivity index (χ1v) is 7.21. The normalized spacial score (nSPS) is 19.4. The maximum atomic E-state index is 9.50. The summed E-state index contributed by atoms with van der Waals surface area (Å²) in [5.41, 5.74) is 0.873. The Morgan fingerprint density at radius 1 is 1.42 bits per heavy atom. The van der Waals surface area contributed by atoms with Crippen LogP contribution < -0.4 is 4.90 Å². The van der Waals surface area contributed by atoms with E-state index in [-0.39, 0.29) is 0 Å². The SMILES string of the molecule is CCN1CCC(N(C)c2ccc([C@H](C)O)cn2)CC1. The van der Waals surface area contributed by atoms with Crippen molar-refractivity contribution in [2.75, 3.05) is 31.6 Å². The van der Waals surface area contributed by atoms with Crippen LogP contribution in [0.1, 0.15) is 38.4 Å². The highest BCUT2D eigenvalue weighted by atomic mass is 16.3. The highest BCUT2D eigenvalue weighted by Crippen LogP contribution is 2.21. The van der Waals surface area contributed by atoms with Gasteiger partial charge in [-0.1, -0.05) is 13.0 Å². The van der Waals surface area contributed by atoms with Gasteiger partial charge >= 0.3 is 0 Å². The molecule has 2 heterocycles. The van der Waals surface area contributed by atoms with Crippen molar-refractivity contribution in [3.63, 3.8) is 0 Å². The number of anilines is 1. The van der Waals surface area contributed by atoms with Crippen molar-refractivity contribution in [2.45, 2.75) is 38.8 Å². The zero-order valence-corrected chi connectivity index (χ0v) is 12.2. The van der Waals surface area contributed by atoms with Crippen molar-refractivity contribution >= 4 is 5.82 Å². The van der Waals surface area contributed by atoms with E-state index in [0.29, 0.717) is 6.04 Å². The minimum Gasteiger partial charge on any atom is -0.389 e. The van der Waals surface area contributed by atoms with E-state index in [9.17, 15) is 5.11 Å². The maximum Gasteiger partial charge on any atom is 0.128 e. The van der Waals surface area contributed by atoms with E-state index in [2.05, 4.69) is 28.8 Å². The van der Waals surface area contributed by atoms with Crippen molar-refractivity contribution < 1.29 is 5.11 Å². The molecule has 1 N–H and O–H groups in total. The fourth-order valence-corrected chi connectivity index (χ4v) is 2.66. The van der Waals surface area contributed by atoms with Gasteiger partial charge in [0.1, 0.15) is 5.82 Å². The Labute approximate surface area is 116 Å². The van der Waals surface area contributed by atoms with Crippen LogP contribution in [0.15, 0.2) is 18.3 Å². The van der Waals surface area contributed by atoms with Crippen LogP contribution in [0.3, 0.4) is 0 Å². The number of aromatic nitrogens is 1. The van der Waals surface area contributed by atoms with Gasteiger partial charge in [-0.2, -0.15) is 0 Å². The van der Waals surface area contributed by atoms with Gasteiger partial charge in [-0.15, -0.1) is 0 Å². The van der Waals surface area contributed by atoms with Gasteiger partial charge in [0, 0.05) is 32.4 Å². The van der Waals surface area contributed by atoms with Gasteiger partial charge in [-0.05, 0) is 37.9 Å². The molecule has 2 rings (SSSR count). The maximum absolute atomic E-state index is 9.50. The summed E-state index contributed by atoms with van der Waals surface area (Å²) in [5.74, 6) is 0.999. The fourth-order valence-electron chi connectivity index (χ4n) is 2.66. The summed E-state index contributed by atoms with van der Waals surface area (Å²) in [7, 11) is 2.12. The molecule has 1 atom stereocenters. The molecule has 0 aromatic carbocycles. The van der Waals surface area contributed by atoms with E-state index in [4.69, 9.17) is 0 Å². The van der Waals surface area contributed by atoms with Crippen LogP contribution in [0.5, 0.6) is 0 Å². The third-order valence-corrected chi connectivity index (χ3v) is 4.17. The second-order valence-corrected chi connectivity index (χ2v) is 5.40. The second-order valence-electron chi connectivity index (χ2n) is 5.40. The van der Waals surface area contributed by atoms with E-state index >= 15 is 0 Å². The van der Waals surface area contributed by atoms with Crippen LogP contribution >= 0.6 is 0 Å². The standard InChI is InChI=1S/C15H25N3O/c1-4-18-9-7-14(8-10-18)17(3)15-6-5-13(11-16-15)12(2)19/h5-6,11-12,14,19H,4,7-10H2,1-3H3/t12-/m0/s1. The first kappa shape index (κ1) is 14.3. The van der Waals surface area contributed by atoms with Gasteiger partial charge in [-0.25, -0.2) is 4.98 Å². The molecule has 1 aromatic heterocycles.